The highest BCUT2D eigenvalue weighted by Gasteiger charge is 2.12. The normalized spacial score (nSPS) is 10.3. The van der Waals surface area contributed by atoms with Gasteiger partial charge < -0.3 is 0 Å². The molecule has 0 aliphatic rings. The van der Waals surface area contributed by atoms with Crippen LogP contribution in [0.4, 0.5) is 8.78 Å². The molecule has 0 unspecified atom stereocenters. The lowest BCUT2D eigenvalue weighted by Crippen LogP contribution is -1.92. The number of rotatable bonds is 1. The summed E-state index contributed by atoms with van der Waals surface area (Å²) in [6.45, 7) is 3.51. The van der Waals surface area contributed by atoms with E-state index in [1.54, 1.807) is 30.3 Å². The Morgan fingerprint density at radius 1 is 0.867 bits per heavy atom. The fourth-order valence-electron chi connectivity index (χ4n) is 1.47. The van der Waals surface area contributed by atoms with Gasteiger partial charge in [0.2, 0.25) is 0 Å². The molecule has 2 aromatic rings. The van der Waals surface area contributed by atoms with Gasteiger partial charge in [0.15, 0.2) is 0 Å². The molecule has 0 amide bonds. The maximum absolute atomic E-state index is 13.6. The molecular weight excluding hydrogens is 194 g/mol. The number of hydrogen-bond acceptors (Lipinski definition) is 0. The van der Waals surface area contributed by atoms with Crippen LogP contribution in [0.2, 0.25) is 0 Å². The Hall–Kier alpha value is -1.70. The predicted molar refractivity (Wildman–Crippen MR) is 56.3 cm³/mol. The van der Waals surface area contributed by atoms with Crippen LogP contribution in [0.15, 0.2) is 42.5 Å². The Morgan fingerprint density at radius 3 is 2.20 bits per heavy atom. The van der Waals surface area contributed by atoms with Gasteiger partial charge in [-0.2, -0.15) is 0 Å². The van der Waals surface area contributed by atoms with Crippen LogP contribution in [0.5, 0.6) is 0 Å². The first-order valence-corrected chi connectivity index (χ1v) is 4.55. The average molecular weight is 203 g/mol. The van der Waals surface area contributed by atoms with Gasteiger partial charge in [-0.15, -0.1) is 0 Å². The third-order valence-electron chi connectivity index (χ3n) is 2.23. The average Bonchev–Trinajstić information content (AvgIpc) is 2.26. The lowest BCUT2D eigenvalue weighted by molar-refractivity contribution is 0.586. The first-order valence-electron chi connectivity index (χ1n) is 4.55. The van der Waals surface area contributed by atoms with Crippen molar-refractivity contribution in [2.45, 2.75) is 0 Å². The van der Waals surface area contributed by atoms with Gasteiger partial charge in [0.1, 0.15) is 11.6 Å². The van der Waals surface area contributed by atoms with Crippen molar-refractivity contribution < 1.29 is 8.78 Å². The van der Waals surface area contributed by atoms with Crippen LogP contribution < -0.4 is 0 Å². The molecule has 2 heteroatoms. The van der Waals surface area contributed by atoms with Crippen molar-refractivity contribution in [3.8, 4) is 11.1 Å². The fraction of sp³-hybridized carbons (Fsp3) is 0. The van der Waals surface area contributed by atoms with Gasteiger partial charge in [0, 0.05) is 0 Å². The molecule has 0 aliphatic carbocycles. The summed E-state index contributed by atoms with van der Waals surface area (Å²) in [5, 5.41) is 0. The van der Waals surface area contributed by atoms with Gasteiger partial charge in [0.25, 0.3) is 0 Å². The van der Waals surface area contributed by atoms with E-state index in [0.717, 1.165) is 0 Å². The summed E-state index contributed by atoms with van der Waals surface area (Å²) in [4.78, 5) is 0. The lowest BCUT2D eigenvalue weighted by atomic mass is 10.0. The zero-order chi connectivity index (χ0) is 10.8. The highest BCUT2D eigenvalue weighted by Crippen LogP contribution is 2.27. The molecule has 15 heavy (non-hydrogen) atoms. The fourth-order valence-corrected chi connectivity index (χ4v) is 1.47. The van der Waals surface area contributed by atoms with Crippen molar-refractivity contribution in [1.82, 2.24) is 0 Å². The van der Waals surface area contributed by atoms with Gasteiger partial charge in [-0.25, -0.2) is 8.78 Å². The molecule has 0 atom stereocenters. The number of hydrogen-bond donors (Lipinski definition) is 0. The Morgan fingerprint density at radius 2 is 1.53 bits per heavy atom. The van der Waals surface area contributed by atoms with Crippen molar-refractivity contribution >= 4 is 0 Å². The van der Waals surface area contributed by atoms with Crippen LogP contribution in [0, 0.1) is 18.6 Å². The standard InChI is InChI=1S/C13H9F2/c1-9-7-8-11(14)12(13(9)15)10-5-3-2-4-6-10/h2-8H,1H2. The van der Waals surface area contributed by atoms with E-state index in [-0.39, 0.29) is 11.1 Å². The van der Waals surface area contributed by atoms with E-state index < -0.39 is 11.6 Å². The summed E-state index contributed by atoms with van der Waals surface area (Å²) in [5.74, 6) is -1.16. The zero-order valence-corrected chi connectivity index (χ0v) is 8.00. The summed E-state index contributed by atoms with van der Waals surface area (Å²) >= 11 is 0. The highest BCUT2D eigenvalue weighted by molar-refractivity contribution is 5.65. The Bertz CT molecular complexity index is 475. The van der Waals surface area contributed by atoms with Crippen molar-refractivity contribution in [3.63, 3.8) is 0 Å². The van der Waals surface area contributed by atoms with Crippen LogP contribution in [-0.4, -0.2) is 0 Å². The van der Waals surface area contributed by atoms with Crippen LogP contribution in [0.3, 0.4) is 0 Å². The lowest BCUT2D eigenvalue weighted by Gasteiger charge is -2.06. The molecule has 0 aromatic heterocycles. The molecule has 0 nitrogen and oxygen atoms in total. The minimum atomic E-state index is -0.596. The smallest absolute Gasteiger partial charge is 0.137 e. The molecule has 2 rings (SSSR count). The second-order valence-corrected chi connectivity index (χ2v) is 3.26. The van der Waals surface area contributed by atoms with Crippen molar-refractivity contribution in [3.05, 3.63) is 66.6 Å². The van der Waals surface area contributed by atoms with Crippen molar-refractivity contribution in [1.29, 1.82) is 0 Å². The monoisotopic (exact) mass is 203 g/mol. The molecule has 0 fully saturated rings. The summed E-state index contributed by atoms with van der Waals surface area (Å²) in [6, 6.07) is 11.2. The van der Waals surface area contributed by atoms with E-state index in [1.807, 2.05) is 0 Å². The van der Waals surface area contributed by atoms with Gasteiger partial charge in [0.05, 0.1) is 5.56 Å². The van der Waals surface area contributed by atoms with E-state index in [2.05, 4.69) is 6.92 Å². The van der Waals surface area contributed by atoms with E-state index in [1.165, 1.54) is 12.1 Å². The molecule has 0 bridgehead atoms. The molecule has 0 heterocycles. The summed E-state index contributed by atoms with van der Waals surface area (Å²) in [6.07, 6.45) is 0. The largest absolute Gasteiger partial charge is 0.206 e. The van der Waals surface area contributed by atoms with Crippen molar-refractivity contribution in [2.24, 2.45) is 0 Å². The van der Waals surface area contributed by atoms with Crippen LogP contribution >= 0.6 is 0 Å². The molecule has 0 saturated carbocycles. The minimum absolute atomic E-state index is 0.0110. The minimum Gasteiger partial charge on any atom is -0.206 e. The molecule has 2 aromatic carbocycles. The Kier molecular flexibility index (Phi) is 2.50. The third kappa shape index (κ3) is 1.75. The predicted octanol–water partition coefficient (Wildman–Crippen LogP) is 3.81. The van der Waals surface area contributed by atoms with E-state index in [4.69, 9.17) is 0 Å². The third-order valence-corrected chi connectivity index (χ3v) is 2.23. The first-order chi connectivity index (χ1) is 7.20. The maximum atomic E-state index is 13.6. The van der Waals surface area contributed by atoms with Gasteiger partial charge >= 0.3 is 0 Å². The molecule has 0 aliphatic heterocycles. The second kappa shape index (κ2) is 3.81. The Labute approximate surface area is 87.2 Å². The molecular formula is C13H9F2. The highest BCUT2D eigenvalue weighted by atomic mass is 19.1. The van der Waals surface area contributed by atoms with Gasteiger partial charge in [-0.05, 0) is 24.1 Å². The van der Waals surface area contributed by atoms with E-state index in [0.29, 0.717) is 5.56 Å². The molecule has 0 spiro atoms. The Balaban J connectivity index is 2.68. The second-order valence-electron chi connectivity index (χ2n) is 3.26. The zero-order valence-electron chi connectivity index (χ0n) is 8.00. The summed E-state index contributed by atoms with van der Waals surface area (Å²) in [7, 11) is 0. The molecule has 0 saturated heterocycles. The van der Waals surface area contributed by atoms with Crippen LogP contribution in [-0.2, 0) is 0 Å². The molecule has 1 radical (unpaired) electrons. The SMILES string of the molecule is [CH2]c1ccc(F)c(-c2ccccc2)c1F. The topological polar surface area (TPSA) is 0 Å². The molecule has 75 valence electrons. The quantitative estimate of drug-likeness (QED) is 0.661. The summed E-state index contributed by atoms with van der Waals surface area (Å²) < 4.78 is 27.1. The van der Waals surface area contributed by atoms with Crippen LogP contribution in [0.25, 0.3) is 11.1 Å². The van der Waals surface area contributed by atoms with Crippen molar-refractivity contribution in [2.75, 3.05) is 0 Å². The van der Waals surface area contributed by atoms with Crippen LogP contribution in [0.1, 0.15) is 5.56 Å². The van der Waals surface area contributed by atoms with Gasteiger partial charge in [-0.3, -0.25) is 0 Å². The van der Waals surface area contributed by atoms with E-state index >= 15 is 0 Å². The first kappa shape index (κ1) is 9.84. The maximum Gasteiger partial charge on any atom is 0.137 e. The van der Waals surface area contributed by atoms with E-state index in [9.17, 15) is 8.78 Å². The van der Waals surface area contributed by atoms with Gasteiger partial charge in [-0.1, -0.05) is 36.4 Å². The summed E-state index contributed by atoms with van der Waals surface area (Å²) in [5.41, 5.74) is 0.719. The number of halogens is 2. The number of benzene rings is 2. The molecule has 0 N–H and O–H groups in total.